The van der Waals surface area contributed by atoms with Crippen molar-refractivity contribution in [2.45, 2.75) is 51.2 Å². The van der Waals surface area contributed by atoms with Crippen molar-refractivity contribution < 1.29 is 9.47 Å². The molecule has 0 aromatic heterocycles. The summed E-state index contributed by atoms with van der Waals surface area (Å²) in [5.74, 6) is 1.77. The summed E-state index contributed by atoms with van der Waals surface area (Å²) in [6.45, 7) is 4.18. The Hall–Kier alpha value is -1.06. The van der Waals surface area contributed by atoms with Crippen LogP contribution in [0.25, 0.3) is 0 Å². The van der Waals surface area contributed by atoms with Crippen LogP contribution in [0.5, 0.6) is 5.75 Å². The molecule has 1 N–H and O–H groups in total. The third-order valence-electron chi connectivity index (χ3n) is 4.62. The van der Waals surface area contributed by atoms with Gasteiger partial charge in [-0.1, -0.05) is 13.0 Å². The largest absolute Gasteiger partial charge is 0.497 e. The van der Waals surface area contributed by atoms with Crippen molar-refractivity contribution in [3.8, 4) is 5.75 Å². The summed E-state index contributed by atoms with van der Waals surface area (Å²) in [5, 5.41) is 3.69. The predicted octanol–water partition coefficient (Wildman–Crippen LogP) is 3.48. The number of rotatable bonds is 7. The lowest BCUT2D eigenvalue weighted by Crippen LogP contribution is -2.38. The molecule has 2 aliphatic rings. The molecule has 0 spiro atoms. The molecule has 116 valence electrons. The number of hydrogen-bond acceptors (Lipinski definition) is 3. The first-order chi connectivity index (χ1) is 10.3. The van der Waals surface area contributed by atoms with Crippen LogP contribution in [0, 0.1) is 5.92 Å². The van der Waals surface area contributed by atoms with Gasteiger partial charge in [-0.3, -0.25) is 0 Å². The fourth-order valence-corrected chi connectivity index (χ4v) is 3.15. The Labute approximate surface area is 128 Å². The Morgan fingerprint density at radius 3 is 2.81 bits per heavy atom. The van der Waals surface area contributed by atoms with Gasteiger partial charge in [0.2, 0.25) is 0 Å². The van der Waals surface area contributed by atoms with Crippen LogP contribution in [0.15, 0.2) is 18.2 Å². The van der Waals surface area contributed by atoms with Crippen LogP contribution in [-0.4, -0.2) is 26.4 Å². The molecule has 3 rings (SSSR count). The Bertz CT molecular complexity index is 470. The van der Waals surface area contributed by atoms with E-state index in [9.17, 15) is 0 Å². The number of aryl methyl sites for hydroxylation is 1. The summed E-state index contributed by atoms with van der Waals surface area (Å²) in [7, 11) is 1.74. The van der Waals surface area contributed by atoms with E-state index in [0.717, 1.165) is 44.1 Å². The van der Waals surface area contributed by atoms with Crippen LogP contribution in [0.1, 0.15) is 49.8 Å². The van der Waals surface area contributed by atoms with Crippen LogP contribution >= 0.6 is 0 Å². The third-order valence-corrected chi connectivity index (χ3v) is 4.62. The molecule has 0 radical (unpaired) electrons. The number of ether oxygens (including phenoxy) is 2. The molecule has 0 aliphatic heterocycles. The fraction of sp³-hybridized carbons (Fsp3) is 0.667. The first-order valence-electron chi connectivity index (χ1n) is 8.33. The van der Waals surface area contributed by atoms with Crippen molar-refractivity contribution >= 4 is 0 Å². The van der Waals surface area contributed by atoms with Gasteiger partial charge in [0.25, 0.3) is 0 Å². The van der Waals surface area contributed by atoms with E-state index in [0.29, 0.717) is 12.1 Å². The van der Waals surface area contributed by atoms with Gasteiger partial charge in [-0.15, -0.1) is 0 Å². The van der Waals surface area contributed by atoms with E-state index in [4.69, 9.17) is 9.47 Å². The SMILES string of the molecule is CCCNC1c2cc(OC)ccc2CCC1OCC1CC1. The van der Waals surface area contributed by atoms with Crippen molar-refractivity contribution in [2.24, 2.45) is 5.92 Å². The molecular weight excluding hydrogens is 262 g/mol. The molecule has 3 nitrogen and oxygen atoms in total. The molecule has 0 bridgehead atoms. The minimum Gasteiger partial charge on any atom is -0.497 e. The molecular formula is C18H27NO2. The topological polar surface area (TPSA) is 30.5 Å². The zero-order chi connectivity index (χ0) is 14.7. The summed E-state index contributed by atoms with van der Waals surface area (Å²) in [6, 6.07) is 6.78. The average molecular weight is 289 g/mol. The maximum atomic E-state index is 6.24. The van der Waals surface area contributed by atoms with Crippen LogP contribution in [0.2, 0.25) is 0 Å². The van der Waals surface area contributed by atoms with Crippen LogP contribution < -0.4 is 10.1 Å². The number of methoxy groups -OCH3 is 1. The summed E-state index contributed by atoms with van der Waals surface area (Å²) in [4.78, 5) is 0. The first-order valence-corrected chi connectivity index (χ1v) is 8.33. The van der Waals surface area contributed by atoms with Gasteiger partial charge in [0.05, 0.1) is 19.3 Å². The predicted molar refractivity (Wildman–Crippen MR) is 84.8 cm³/mol. The number of nitrogens with one attached hydrogen (secondary N) is 1. The summed E-state index contributed by atoms with van der Waals surface area (Å²) >= 11 is 0. The van der Waals surface area contributed by atoms with Crippen LogP contribution in [-0.2, 0) is 11.2 Å². The van der Waals surface area contributed by atoms with Crippen LogP contribution in [0.4, 0.5) is 0 Å². The second-order valence-electron chi connectivity index (χ2n) is 6.35. The minimum absolute atomic E-state index is 0.303. The van der Waals surface area contributed by atoms with Gasteiger partial charge in [0.1, 0.15) is 5.75 Å². The first kappa shape index (κ1) is 14.9. The molecule has 2 aliphatic carbocycles. The van der Waals surface area contributed by atoms with Gasteiger partial charge in [-0.2, -0.15) is 0 Å². The molecule has 1 saturated carbocycles. The van der Waals surface area contributed by atoms with Crippen molar-refractivity contribution in [3.05, 3.63) is 29.3 Å². The highest BCUT2D eigenvalue weighted by Crippen LogP contribution is 2.36. The minimum atomic E-state index is 0.303. The fourth-order valence-electron chi connectivity index (χ4n) is 3.15. The van der Waals surface area contributed by atoms with E-state index in [-0.39, 0.29) is 0 Å². The lowest BCUT2D eigenvalue weighted by Gasteiger charge is -2.34. The quantitative estimate of drug-likeness (QED) is 0.833. The van der Waals surface area contributed by atoms with Gasteiger partial charge < -0.3 is 14.8 Å². The van der Waals surface area contributed by atoms with E-state index in [1.54, 1.807) is 7.11 Å². The van der Waals surface area contributed by atoms with E-state index in [1.807, 2.05) is 0 Å². The molecule has 1 aromatic rings. The highest BCUT2D eigenvalue weighted by atomic mass is 16.5. The zero-order valence-corrected chi connectivity index (χ0v) is 13.2. The molecule has 3 heteroatoms. The molecule has 0 heterocycles. The van der Waals surface area contributed by atoms with Gasteiger partial charge in [-0.05, 0) is 67.8 Å². The highest BCUT2D eigenvalue weighted by Gasteiger charge is 2.32. The second kappa shape index (κ2) is 6.80. The molecule has 0 saturated heterocycles. The molecule has 2 unspecified atom stereocenters. The third kappa shape index (κ3) is 3.58. The lowest BCUT2D eigenvalue weighted by atomic mass is 9.85. The van der Waals surface area contributed by atoms with Gasteiger partial charge in [0, 0.05) is 6.61 Å². The molecule has 21 heavy (non-hydrogen) atoms. The average Bonchev–Trinajstić information content (AvgIpc) is 3.34. The summed E-state index contributed by atoms with van der Waals surface area (Å²) < 4.78 is 11.7. The van der Waals surface area contributed by atoms with Crippen molar-refractivity contribution in [1.82, 2.24) is 5.32 Å². The highest BCUT2D eigenvalue weighted by molar-refractivity contribution is 5.40. The van der Waals surface area contributed by atoms with Gasteiger partial charge >= 0.3 is 0 Å². The van der Waals surface area contributed by atoms with Crippen molar-refractivity contribution in [1.29, 1.82) is 0 Å². The monoisotopic (exact) mass is 289 g/mol. The summed E-state index contributed by atoms with van der Waals surface area (Å²) in [5.41, 5.74) is 2.81. The number of hydrogen-bond donors (Lipinski definition) is 1. The maximum absolute atomic E-state index is 6.24. The number of fused-ring (bicyclic) bond motifs is 1. The second-order valence-corrected chi connectivity index (χ2v) is 6.35. The van der Waals surface area contributed by atoms with Crippen LogP contribution in [0.3, 0.4) is 0 Å². The van der Waals surface area contributed by atoms with E-state index < -0.39 is 0 Å². The number of benzene rings is 1. The Kier molecular flexibility index (Phi) is 4.81. The molecule has 2 atom stereocenters. The summed E-state index contributed by atoms with van der Waals surface area (Å²) in [6.07, 6.45) is 6.38. The molecule has 1 aromatic carbocycles. The Morgan fingerprint density at radius 1 is 1.24 bits per heavy atom. The van der Waals surface area contributed by atoms with Gasteiger partial charge in [-0.25, -0.2) is 0 Å². The lowest BCUT2D eigenvalue weighted by molar-refractivity contribution is 0.00971. The van der Waals surface area contributed by atoms with Crippen molar-refractivity contribution in [2.75, 3.05) is 20.3 Å². The standard InChI is InChI=1S/C18H27NO2/c1-3-10-19-18-16-11-15(20-2)8-6-14(16)7-9-17(18)21-12-13-4-5-13/h6,8,11,13,17-19H,3-5,7,9-10,12H2,1-2H3. The molecule has 0 amide bonds. The van der Waals surface area contributed by atoms with Crippen molar-refractivity contribution in [3.63, 3.8) is 0 Å². The van der Waals surface area contributed by atoms with E-state index >= 15 is 0 Å². The Balaban J connectivity index is 1.77. The zero-order valence-electron chi connectivity index (χ0n) is 13.2. The van der Waals surface area contributed by atoms with Gasteiger partial charge in [0.15, 0.2) is 0 Å². The normalized spacial score (nSPS) is 24.7. The maximum Gasteiger partial charge on any atom is 0.119 e. The van der Waals surface area contributed by atoms with E-state index in [2.05, 4.69) is 30.4 Å². The molecule has 1 fully saturated rings. The Morgan fingerprint density at radius 2 is 2.10 bits per heavy atom. The smallest absolute Gasteiger partial charge is 0.119 e. The van der Waals surface area contributed by atoms with E-state index in [1.165, 1.54) is 24.0 Å².